The van der Waals surface area contributed by atoms with E-state index in [1.54, 1.807) is 12.1 Å². The number of halogens is 1. The van der Waals surface area contributed by atoms with Crippen molar-refractivity contribution in [2.75, 3.05) is 6.61 Å². The van der Waals surface area contributed by atoms with E-state index in [2.05, 4.69) is 15.9 Å². The fraction of sp³-hybridized carbons (Fsp3) is 0.364. The highest BCUT2D eigenvalue weighted by molar-refractivity contribution is 9.09. The van der Waals surface area contributed by atoms with Crippen LogP contribution in [0.15, 0.2) is 18.2 Å². The van der Waals surface area contributed by atoms with Gasteiger partial charge >= 0.3 is 0 Å². The van der Waals surface area contributed by atoms with Crippen molar-refractivity contribution >= 4 is 21.7 Å². The van der Waals surface area contributed by atoms with Crippen molar-refractivity contribution in [1.82, 2.24) is 0 Å². The van der Waals surface area contributed by atoms with Crippen molar-refractivity contribution in [3.63, 3.8) is 0 Å². The topological polar surface area (TPSA) is 46.5 Å². The first kappa shape index (κ1) is 12.0. The second kappa shape index (κ2) is 5.16. The van der Waals surface area contributed by atoms with E-state index in [9.17, 15) is 9.90 Å². The molecule has 1 N–H and O–H groups in total. The molecular weight excluding hydrogens is 260 g/mol. The summed E-state index contributed by atoms with van der Waals surface area (Å²) >= 11 is 3.27. The molecule has 0 bridgehead atoms. The average molecular weight is 273 g/mol. The van der Waals surface area contributed by atoms with E-state index in [1.807, 2.05) is 6.92 Å². The first-order valence-electron chi connectivity index (χ1n) is 4.66. The molecule has 0 saturated carbocycles. The van der Waals surface area contributed by atoms with Crippen molar-refractivity contribution in [2.45, 2.75) is 18.7 Å². The van der Waals surface area contributed by atoms with Gasteiger partial charge in [0.15, 0.2) is 11.5 Å². The van der Waals surface area contributed by atoms with Crippen LogP contribution in [-0.4, -0.2) is 17.5 Å². The third-order valence-electron chi connectivity index (χ3n) is 1.93. The van der Waals surface area contributed by atoms with Crippen LogP contribution in [0.5, 0.6) is 11.5 Å². The Hall–Kier alpha value is -1.03. The number of ketones is 1. The van der Waals surface area contributed by atoms with Crippen LogP contribution < -0.4 is 4.74 Å². The summed E-state index contributed by atoms with van der Waals surface area (Å²) in [5.41, 5.74) is 0.781. The predicted molar refractivity (Wildman–Crippen MR) is 61.6 cm³/mol. The summed E-state index contributed by atoms with van der Waals surface area (Å²) in [6.07, 6.45) is 0. The van der Waals surface area contributed by atoms with Crippen LogP contribution >= 0.6 is 15.9 Å². The van der Waals surface area contributed by atoms with Crippen LogP contribution in [0, 0.1) is 0 Å². The van der Waals surface area contributed by atoms with E-state index in [4.69, 9.17) is 4.74 Å². The number of alkyl halides is 1. The maximum Gasteiger partial charge on any atom is 0.161 e. The van der Waals surface area contributed by atoms with Gasteiger partial charge in [-0.2, -0.15) is 0 Å². The van der Waals surface area contributed by atoms with Crippen molar-refractivity contribution in [1.29, 1.82) is 0 Å². The predicted octanol–water partition coefficient (Wildman–Crippen LogP) is 2.82. The third kappa shape index (κ3) is 2.96. The van der Waals surface area contributed by atoms with E-state index in [1.165, 1.54) is 13.0 Å². The van der Waals surface area contributed by atoms with Gasteiger partial charge in [0.25, 0.3) is 0 Å². The van der Waals surface area contributed by atoms with Crippen molar-refractivity contribution < 1.29 is 14.6 Å². The average Bonchev–Trinajstić information content (AvgIpc) is 2.20. The zero-order valence-corrected chi connectivity index (χ0v) is 10.2. The number of ether oxygens (including phenoxy) is 1. The number of aromatic hydroxyl groups is 1. The molecule has 3 nitrogen and oxygen atoms in total. The van der Waals surface area contributed by atoms with E-state index < -0.39 is 0 Å². The first-order valence-corrected chi connectivity index (χ1v) is 5.58. The minimum atomic E-state index is -0.350. The number of rotatable bonds is 4. The second-order valence-electron chi connectivity index (χ2n) is 3.13. The Kier molecular flexibility index (Phi) is 4.15. The van der Waals surface area contributed by atoms with Crippen LogP contribution in [0.2, 0.25) is 0 Å². The summed E-state index contributed by atoms with van der Waals surface area (Å²) < 4.78 is 5.23. The number of carbonyl (C=O) groups is 1. The molecule has 15 heavy (non-hydrogen) atoms. The Morgan fingerprint density at radius 2 is 2.27 bits per heavy atom. The molecule has 0 saturated heterocycles. The fourth-order valence-corrected chi connectivity index (χ4v) is 1.48. The first-order chi connectivity index (χ1) is 7.06. The van der Waals surface area contributed by atoms with Gasteiger partial charge in [-0.1, -0.05) is 22.0 Å². The van der Waals surface area contributed by atoms with E-state index in [-0.39, 0.29) is 16.4 Å². The van der Waals surface area contributed by atoms with Gasteiger partial charge in [-0.25, -0.2) is 0 Å². The van der Waals surface area contributed by atoms with Crippen molar-refractivity contribution in [3.05, 3.63) is 23.8 Å². The lowest BCUT2D eigenvalue weighted by atomic mass is 10.1. The number of phenolic OH excluding ortho intramolecular Hbond substituents is 1. The maximum atomic E-state index is 11.1. The van der Waals surface area contributed by atoms with Gasteiger partial charge in [-0.15, -0.1) is 0 Å². The zero-order valence-electron chi connectivity index (χ0n) is 8.66. The summed E-state index contributed by atoms with van der Waals surface area (Å²) in [6, 6.07) is 4.88. The Morgan fingerprint density at radius 3 is 2.80 bits per heavy atom. The number of phenols is 1. The van der Waals surface area contributed by atoms with Gasteiger partial charge in [0.2, 0.25) is 0 Å². The van der Waals surface area contributed by atoms with Gasteiger partial charge in [-0.3, -0.25) is 4.79 Å². The molecule has 0 aliphatic carbocycles. The SMILES string of the molecule is CCOc1cc(C(Br)C(C)=O)ccc1O. The normalized spacial score (nSPS) is 12.2. The smallest absolute Gasteiger partial charge is 0.161 e. The number of Topliss-reactive ketones (excluding diaryl/α,β-unsaturated/α-hetero) is 1. The molecule has 0 aliphatic heterocycles. The molecule has 1 atom stereocenters. The molecule has 0 aromatic heterocycles. The van der Waals surface area contributed by atoms with Crippen LogP contribution in [0.25, 0.3) is 0 Å². The highest BCUT2D eigenvalue weighted by Gasteiger charge is 2.14. The molecule has 0 spiro atoms. The number of benzene rings is 1. The summed E-state index contributed by atoms with van der Waals surface area (Å²) in [7, 11) is 0. The second-order valence-corrected chi connectivity index (χ2v) is 4.05. The molecule has 0 heterocycles. The summed E-state index contributed by atoms with van der Waals surface area (Å²) in [4.78, 5) is 10.8. The van der Waals surface area contributed by atoms with Gasteiger partial charge in [0.05, 0.1) is 11.4 Å². The van der Waals surface area contributed by atoms with Gasteiger partial charge in [0, 0.05) is 0 Å². The van der Waals surface area contributed by atoms with E-state index in [0.717, 1.165) is 5.56 Å². The van der Waals surface area contributed by atoms with Crippen LogP contribution in [0.3, 0.4) is 0 Å². The Bertz CT molecular complexity index is 363. The molecule has 4 heteroatoms. The van der Waals surface area contributed by atoms with Crippen LogP contribution in [0.4, 0.5) is 0 Å². The Labute approximate surface area is 97.2 Å². The van der Waals surface area contributed by atoms with Crippen LogP contribution in [0.1, 0.15) is 24.2 Å². The van der Waals surface area contributed by atoms with E-state index >= 15 is 0 Å². The van der Waals surface area contributed by atoms with Gasteiger partial charge in [0.1, 0.15) is 5.78 Å². The fourth-order valence-electron chi connectivity index (χ4n) is 1.19. The molecule has 1 aromatic rings. The molecule has 1 unspecified atom stereocenters. The number of carbonyl (C=O) groups excluding carboxylic acids is 1. The minimum absolute atomic E-state index is 0.0168. The lowest BCUT2D eigenvalue weighted by Gasteiger charge is -2.10. The highest BCUT2D eigenvalue weighted by atomic mass is 79.9. The number of hydrogen-bond acceptors (Lipinski definition) is 3. The van der Waals surface area contributed by atoms with Gasteiger partial charge < -0.3 is 9.84 Å². The molecule has 0 fully saturated rings. The molecule has 82 valence electrons. The molecule has 1 rings (SSSR count). The molecule has 0 aliphatic rings. The largest absolute Gasteiger partial charge is 0.504 e. The quantitative estimate of drug-likeness (QED) is 0.858. The van der Waals surface area contributed by atoms with Crippen molar-refractivity contribution in [3.8, 4) is 11.5 Å². The van der Waals surface area contributed by atoms with Crippen molar-refractivity contribution in [2.24, 2.45) is 0 Å². The number of hydrogen-bond donors (Lipinski definition) is 1. The Balaban J connectivity index is 3.01. The lowest BCUT2D eigenvalue weighted by Crippen LogP contribution is -2.01. The van der Waals surface area contributed by atoms with Gasteiger partial charge in [-0.05, 0) is 31.5 Å². The lowest BCUT2D eigenvalue weighted by molar-refractivity contribution is -0.116. The molecule has 0 radical (unpaired) electrons. The molecular formula is C11H13BrO3. The standard InChI is InChI=1S/C11H13BrO3/c1-3-15-10-6-8(4-5-9(10)14)11(12)7(2)13/h4-6,11,14H,3H2,1-2H3. The summed E-state index contributed by atoms with van der Waals surface area (Å²) in [5, 5.41) is 9.46. The maximum absolute atomic E-state index is 11.1. The summed E-state index contributed by atoms with van der Waals surface area (Å²) in [6.45, 7) is 3.82. The molecule has 0 amide bonds. The zero-order chi connectivity index (χ0) is 11.4. The minimum Gasteiger partial charge on any atom is -0.504 e. The van der Waals surface area contributed by atoms with Crippen LogP contribution in [-0.2, 0) is 4.79 Å². The van der Waals surface area contributed by atoms with E-state index in [0.29, 0.717) is 12.4 Å². The monoisotopic (exact) mass is 272 g/mol. The highest BCUT2D eigenvalue weighted by Crippen LogP contribution is 2.32. The molecule has 1 aromatic carbocycles. The Morgan fingerprint density at radius 1 is 1.60 bits per heavy atom. The third-order valence-corrected chi connectivity index (χ3v) is 3.11. The summed E-state index contributed by atoms with van der Waals surface area (Å²) in [5.74, 6) is 0.507.